The van der Waals surface area contributed by atoms with E-state index in [1.165, 1.54) is 0 Å². The fraction of sp³-hybridized carbons (Fsp3) is 0.455. The van der Waals surface area contributed by atoms with E-state index in [2.05, 4.69) is 0 Å². The zero-order chi connectivity index (χ0) is 10.5. The predicted molar refractivity (Wildman–Crippen MR) is 52.6 cm³/mol. The third-order valence-corrected chi connectivity index (χ3v) is 3.00. The highest BCUT2D eigenvalue weighted by Crippen LogP contribution is 2.46. The van der Waals surface area contributed by atoms with E-state index in [1.807, 2.05) is 0 Å². The average Bonchev–Trinajstić information content (AvgIpc) is 2.87. The molecule has 1 aromatic carbocycles. The van der Waals surface area contributed by atoms with E-state index in [-0.39, 0.29) is 11.3 Å². The quantitative estimate of drug-likeness (QED) is 0.720. The lowest BCUT2D eigenvalue weighted by atomic mass is 9.96. The predicted octanol–water partition coefficient (Wildman–Crippen LogP) is 2.10. The summed E-state index contributed by atoms with van der Waals surface area (Å²) in [5.74, 6) is -0.785. The summed E-state index contributed by atoms with van der Waals surface area (Å²) in [6.07, 6.45) is 1.83. The smallest absolute Gasteiger partial charge is 0.167 e. The monoisotopic (exact) mass is 195 g/mol. The first kappa shape index (κ1) is 9.46. The second-order valence-electron chi connectivity index (χ2n) is 4.18. The standard InChI is InChI=1S/C11H14FNO/c1-6-5-8(11(13)3-4-11)7(2)10(14)9(6)12/h5,14H,3-4,13H2,1-2H3. The normalized spacial score (nSPS) is 18.3. The molecule has 0 aromatic heterocycles. The van der Waals surface area contributed by atoms with Crippen LogP contribution in [0.2, 0.25) is 0 Å². The van der Waals surface area contributed by atoms with Gasteiger partial charge in [-0.1, -0.05) is 6.07 Å². The van der Waals surface area contributed by atoms with Crippen molar-refractivity contribution in [3.63, 3.8) is 0 Å². The molecule has 0 radical (unpaired) electrons. The highest BCUT2D eigenvalue weighted by molar-refractivity contribution is 5.48. The number of phenolic OH excluding ortho intramolecular Hbond substituents is 1. The van der Waals surface area contributed by atoms with E-state index in [9.17, 15) is 9.50 Å². The number of aromatic hydroxyl groups is 1. The Bertz CT molecular complexity index is 397. The van der Waals surface area contributed by atoms with Gasteiger partial charge in [-0.25, -0.2) is 4.39 Å². The molecule has 0 bridgehead atoms. The molecule has 3 N–H and O–H groups in total. The van der Waals surface area contributed by atoms with Crippen molar-refractivity contribution in [1.29, 1.82) is 0 Å². The Labute approximate surface area is 82.5 Å². The number of aryl methyl sites for hydroxylation is 1. The number of benzene rings is 1. The first-order valence-corrected chi connectivity index (χ1v) is 4.74. The fourth-order valence-electron chi connectivity index (χ4n) is 1.79. The highest BCUT2D eigenvalue weighted by atomic mass is 19.1. The van der Waals surface area contributed by atoms with Crippen molar-refractivity contribution in [2.45, 2.75) is 32.2 Å². The van der Waals surface area contributed by atoms with Crippen molar-refractivity contribution in [3.05, 3.63) is 28.6 Å². The van der Waals surface area contributed by atoms with E-state index >= 15 is 0 Å². The molecule has 0 unspecified atom stereocenters. The van der Waals surface area contributed by atoms with Crippen LogP contribution < -0.4 is 5.73 Å². The molecule has 0 spiro atoms. The summed E-state index contributed by atoms with van der Waals surface area (Å²) in [6, 6.07) is 1.75. The van der Waals surface area contributed by atoms with Crippen molar-refractivity contribution in [2.24, 2.45) is 5.73 Å². The topological polar surface area (TPSA) is 46.2 Å². The molecular weight excluding hydrogens is 181 g/mol. The number of hydrogen-bond donors (Lipinski definition) is 2. The molecule has 0 amide bonds. The molecule has 1 aliphatic rings. The average molecular weight is 195 g/mol. The molecule has 1 aromatic rings. The Morgan fingerprint density at radius 2 is 2.00 bits per heavy atom. The third-order valence-electron chi connectivity index (χ3n) is 3.00. The molecule has 0 heterocycles. The fourth-order valence-corrected chi connectivity index (χ4v) is 1.79. The van der Waals surface area contributed by atoms with Crippen LogP contribution >= 0.6 is 0 Å². The number of phenols is 1. The molecule has 1 saturated carbocycles. The number of rotatable bonds is 1. The zero-order valence-corrected chi connectivity index (χ0v) is 8.39. The molecular formula is C11H14FNO. The lowest BCUT2D eigenvalue weighted by molar-refractivity contribution is 0.424. The van der Waals surface area contributed by atoms with Crippen LogP contribution in [0.1, 0.15) is 29.5 Å². The van der Waals surface area contributed by atoms with Crippen molar-refractivity contribution < 1.29 is 9.50 Å². The number of halogens is 1. The summed E-state index contributed by atoms with van der Waals surface area (Å²) in [6.45, 7) is 3.35. The Kier molecular flexibility index (Phi) is 1.83. The van der Waals surface area contributed by atoms with Gasteiger partial charge >= 0.3 is 0 Å². The number of nitrogens with two attached hydrogens (primary N) is 1. The van der Waals surface area contributed by atoms with Crippen molar-refractivity contribution in [1.82, 2.24) is 0 Å². The summed E-state index contributed by atoms with van der Waals surface area (Å²) in [4.78, 5) is 0. The van der Waals surface area contributed by atoms with Gasteiger partial charge in [-0.05, 0) is 43.4 Å². The van der Waals surface area contributed by atoms with Crippen LogP contribution in [0, 0.1) is 19.7 Å². The maximum Gasteiger partial charge on any atom is 0.167 e. The van der Waals surface area contributed by atoms with Crippen LogP contribution in [0.15, 0.2) is 6.07 Å². The minimum absolute atomic E-state index is 0.253. The molecule has 1 fully saturated rings. The van der Waals surface area contributed by atoms with E-state index in [1.54, 1.807) is 19.9 Å². The molecule has 2 rings (SSSR count). The Morgan fingerprint density at radius 1 is 1.43 bits per heavy atom. The van der Waals surface area contributed by atoms with Gasteiger partial charge < -0.3 is 10.8 Å². The van der Waals surface area contributed by atoms with E-state index in [0.717, 1.165) is 18.4 Å². The lowest BCUT2D eigenvalue weighted by Crippen LogP contribution is -2.20. The van der Waals surface area contributed by atoms with Crippen molar-refractivity contribution in [3.8, 4) is 5.75 Å². The van der Waals surface area contributed by atoms with Gasteiger partial charge in [0.2, 0.25) is 0 Å². The van der Waals surface area contributed by atoms with Gasteiger partial charge in [0, 0.05) is 5.54 Å². The second kappa shape index (κ2) is 2.70. The van der Waals surface area contributed by atoms with E-state index < -0.39 is 5.82 Å². The Balaban J connectivity index is 2.62. The maximum atomic E-state index is 13.3. The van der Waals surface area contributed by atoms with Gasteiger partial charge in [0.15, 0.2) is 11.6 Å². The Morgan fingerprint density at radius 3 is 2.50 bits per heavy atom. The SMILES string of the molecule is Cc1cc(C2(N)CC2)c(C)c(O)c1F. The van der Waals surface area contributed by atoms with Crippen molar-refractivity contribution >= 4 is 0 Å². The molecule has 3 heteroatoms. The minimum atomic E-state index is -0.532. The molecule has 1 aliphatic carbocycles. The van der Waals surface area contributed by atoms with Crippen LogP contribution in [0.25, 0.3) is 0 Å². The second-order valence-corrected chi connectivity index (χ2v) is 4.18. The van der Waals surface area contributed by atoms with Gasteiger partial charge in [-0.3, -0.25) is 0 Å². The molecule has 0 saturated heterocycles. The Hall–Kier alpha value is -1.09. The first-order valence-electron chi connectivity index (χ1n) is 4.74. The molecule has 2 nitrogen and oxygen atoms in total. The summed E-state index contributed by atoms with van der Waals surface area (Å²) >= 11 is 0. The van der Waals surface area contributed by atoms with Gasteiger partial charge in [-0.15, -0.1) is 0 Å². The minimum Gasteiger partial charge on any atom is -0.505 e. The van der Waals surface area contributed by atoms with E-state index in [4.69, 9.17) is 5.73 Å². The zero-order valence-electron chi connectivity index (χ0n) is 8.39. The van der Waals surface area contributed by atoms with Gasteiger partial charge in [0.25, 0.3) is 0 Å². The van der Waals surface area contributed by atoms with Crippen LogP contribution in [-0.2, 0) is 5.54 Å². The van der Waals surface area contributed by atoms with Gasteiger partial charge in [0.05, 0.1) is 0 Å². The summed E-state index contributed by atoms with van der Waals surface area (Å²) in [7, 11) is 0. The number of hydrogen-bond acceptors (Lipinski definition) is 2. The van der Waals surface area contributed by atoms with Crippen molar-refractivity contribution in [2.75, 3.05) is 0 Å². The molecule has 0 atom stereocenters. The third kappa shape index (κ3) is 1.20. The first-order chi connectivity index (χ1) is 6.46. The summed E-state index contributed by atoms with van der Waals surface area (Å²) < 4.78 is 13.3. The van der Waals surface area contributed by atoms with Crippen LogP contribution in [0.5, 0.6) is 5.75 Å². The largest absolute Gasteiger partial charge is 0.505 e. The van der Waals surface area contributed by atoms with Gasteiger partial charge in [0.1, 0.15) is 0 Å². The summed E-state index contributed by atoms with van der Waals surface area (Å²) in [5.41, 5.74) is 7.62. The van der Waals surface area contributed by atoms with Crippen LogP contribution in [0.4, 0.5) is 4.39 Å². The van der Waals surface area contributed by atoms with E-state index in [0.29, 0.717) is 11.1 Å². The molecule has 0 aliphatic heterocycles. The van der Waals surface area contributed by atoms with Crippen LogP contribution in [-0.4, -0.2) is 5.11 Å². The lowest BCUT2D eigenvalue weighted by Gasteiger charge is -2.15. The highest BCUT2D eigenvalue weighted by Gasteiger charge is 2.42. The summed E-state index contributed by atoms with van der Waals surface area (Å²) in [5, 5.41) is 9.53. The maximum absolute atomic E-state index is 13.3. The van der Waals surface area contributed by atoms with Crippen LogP contribution in [0.3, 0.4) is 0 Å². The molecule has 76 valence electrons. The van der Waals surface area contributed by atoms with Gasteiger partial charge in [-0.2, -0.15) is 0 Å². The molecule has 14 heavy (non-hydrogen) atoms.